The van der Waals surface area contributed by atoms with Gasteiger partial charge in [-0.25, -0.2) is 0 Å². The Labute approximate surface area is 302 Å². The van der Waals surface area contributed by atoms with E-state index in [1.165, 1.54) is 50.2 Å². The predicted molar refractivity (Wildman–Crippen MR) is 218 cm³/mol. The van der Waals surface area contributed by atoms with E-state index >= 15 is 0 Å². The van der Waals surface area contributed by atoms with E-state index in [-0.39, 0.29) is 5.41 Å². The van der Waals surface area contributed by atoms with Crippen molar-refractivity contribution in [2.45, 2.75) is 33.1 Å². The summed E-state index contributed by atoms with van der Waals surface area (Å²) in [6.45, 7) is 8.97. The lowest BCUT2D eigenvalue weighted by atomic mass is 9.81. The van der Waals surface area contributed by atoms with Crippen LogP contribution >= 0.6 is 0 Å². The maximum atomic E-state index is 2.39. The molecule has 0 atom stereocenters. The zero-order valence-corrected chi connectivity index (χ0v) is 29.7. The van der Waals surface area contributed by atoms with E-state index in [9.17, 15) is 0 Å². The van der Waals surface area contributed by atoms with Crippen LogP contribution in [0.1, 0.15) is 47.2 Å². The minimum absolute atomic E-state index is 0.138. The lowest BCUT2D eigenvalue weighted by Crippen LogP contribution is -2.16. The second-order valence-electron chi connectivity index (χ2n) is 14.1. The lowest BCUT2D eigenvalue weighted by Gasteiger charge is -2.28. The molecule has 0 saturated carbocycles. The van der Waals surface area contributed by atoms with Gasteiger partial charge in [-0.2, -0.15) is 0 Å². The van der Waals surface area contributed by atoms with E-state index in [4.69, 9.17) is 0 Å². The molecule has 1 aliphatic carbocycles. The van der Waals surface area contributed by atoms with Gasteiger partial charge in [-0.15, -0.1) is 0 Å². The molecule has 1 aliphatic rings. The van der Waals surface area contributed by atoms with Crippen LogP contribution in [0.15, 0.2) is 170 Å². The summed E-state index contributed by atoms with van der Waals surface area (Å²) in [4.78, 5) is 4.66. The van der Waals surface area contributed by atoms with Crippen molar-refractivity contribution in [1.29, 1.82) is 0 Å². The highest BCUT2D eigenvalue weighted by molar-refractivity contribution is 5.87. The molecule has 0 spiro atoms. The summed E-state index contributed by atoms with van der Waals surface area (Å²) in [6, 6.07) is 61.5. The molecule has 0 saturated heterocycles. The Hall–Kier alpha value is -6.12. The molecule has 0 heterocycles. The molecular weight excluding hydrogens is 617 g/mol. The van der Waals surface area contributed by atoms with Crippen molar-refractivity contribution >= 4 is 46.3 Å². The van der Waals surface area contributed by atoms with Crippen molar-refractivity contribution in [3.63, 3.8) is 0 Å². The predicted octanol–water partition coefficient (Wildman–Crippen LogP) is 13.7. The van der Waals surface area contributed by atoms with Crippen LogP contribution in [0, 0.1) is 13.8 Å². The maximum Gasteiger partial charge on any atom is 0.0465 e. The summed E-state index contributed by atoms with van der Waals surface area (Å²) in [5.74, 6) is 0. The lowest BCUT2D eigenvalue weighted by molar-refractivity contribution is 0.660. The van der Waals surface area contributed by atoms with Crippen LogP contribution in [0.5, 0.6) is 0 Å². The fourth-order valence-electron chi connectivity index (χ4n) is 7.35. The average molecular weight is 659 g/mol. The number of hydrogen-bond donors (Lipinski definition) is 0. The number of rotatable bonds is 8. The fourth-order valence-corrected chi connectivity index (χ4v) is 7.35. The van der Waals surface area contributed by atoms with Crippen molar-refractivity contribution in [1.82, 2.24) is 0 Å². The Morgan fingerprint density at radius 1 is 0.373 bits per heavy atom. The monoisotopic (exact) mass is 658 g/mol. The van der Waals surface area contributed by atoms with Crippen molar-refractivity contribution in [2.24, 2.45) is 0 Å². The van der Waals surface area contributed by atoms with Crippen LogP contribution in [-0.4, -0.2) is 0 Å². The number of nitrogens with zero attached hydrogens (tertiary/aromatic N) is 2. The molecule has 0 N–H and O–H groups in total. The van der Waals surface area contributed by atoms with E-state index in [1.54, 1.807) is 0 Å². The summed E-state index contributed by atoms with van der Waals surface area (Å²) in [5, 5.41) is 0. The van der Waals surface area contributed by atoms with Gasteiger partial charge in [0.1, 0.15) is 0 Å². The van der Waals surface area contributed by atoms with Crippen LogP contribution in [0.2, 0.25) is 0 Å². The minimum Gasteiger partial charge on any atom is -0.311 e. The zero-order valence-electron chi connectivity index (χ0n) is 29.7. The largest absolute Gasteiger partial charge is 0.311 e. The third-order valence-corrected chi connectivity index (χ3v) is 10.2. The topological polar surface area (TPSA) is 6.48 Å². The standard InChI is InChI=1S/C49H42N2/c1-35-15-24-41(25-16-35)50(42-26-17-36(2)18-27-42)43-28-21-37(22-29-43)19-20-38-23-31-45-46-32-30-44(34-48(46)49(3,4)47(45)33-38)51(39-11-7-5-8-12-39)40-13-9-6-10-14-40/h5-34H,1-4H3/b20-19+. The molecule has 0 aliphatic heterocycles. The third kappa shape index (κ3) is 6.26. The molecule has 51 heavy (non-hydrogen) atoms. The summed E-state index contributed by atoms with van der Waals surface area (Å²) in [5.41, 5.74) is 17.0. The normalized spacial score (nSPS) is 12.8. The molecule has 248 valence electrons. The van der Waals surface area contributed by atoms with Gasteiger partial charge in [0.25, 0.3) is 0 Å². The molecule has 0 fully saturated rings. The Balaban J connectivity index is 1.07. The Bertz CT molecular complexity index is 2230. The molecule has 0 bridgehead atoms. The van der Waals surface area contributed by atoms with Crippen molar-refractivity contribution in [2.75, 3.05) is 9.80 Å². The van der Waals surface area contributed by atoms with E-state index < -0.39 is 0 Å². The van der Waals surface area contributed by atoms with Gasteiger partial charge in [-0.1, -0.05) is 134 Å². The van der Waals surface area contributed by atoms with E-state index in [2.05, 4.69) is 220 Å². The third-order valence-electron chi connectivity index (χ3n) is 10.2. The van der Waals surface area contributed by atoms with Crippen LogP contribution in [0.4, 0.5) is 34.1 Å². The first-order valence-electron chi connectivity index (χ1n) is 17.8. The maximum absolute atomic E-state index is 2.39. The molecule has 0 aromatic heterocycles. The Morgan fingerprint density at radius 2 is 0.745 bits per heavy atom. The number of hydrogen-bond acceptors (Lipinski definition) is 2. The van der Waals surface area contributed by atoms with Gasteiger partial charge in [0.05, 0.1) is 0 Å². The first kappa shape index (κ1) is 32.1. The van der Waals surface area contributed by atoms with Gasteiger partial charge in [-0.3, -0.25) is 0 Å². The van der Waals surface area contributed by atoms with E-state index in [0.717, 1.165) is 28.4 Å². The number of para-hydroxylation sites is 2. The minimum atomic E-state index is -0.138. The average Bonchev–Trinajstić information content (AvgIpc) is 3.39. The quantitative estimate of drug-likeness (QED) is 0.150. The van der Waals surface area contributed by atoms with Gasteiger partial charge in [0.15, 0.2) is 0 Å². The van der Waals surface area contributed by atoms with Crippen LogP contribution in [-0.2, 0) is 5.41 Å². The van der Waals surface area contributed by atoms with Gasteiger partial charge < -0.3 is 9.80 Å². The van der Waals surface area contributed by atoms with Crippen molar-refractivity contribution < 1.29 is 0 Å². The van der Waals surface area contributed by atoms with E-state index in [1.807, 2.05) is 0 Å². The number of aryl methyl sites for hydroxylation is 2. The summed E-state index contributed by atoms with van der Waals surface area (Å²) < 4.78 is 0. The number of fused-ring (bicyclic) bond motifs is 3. The van der Waals surface area contributed by atoms with Crippen molar-refractivity contribution in [3.8, 4) is 11.1 Å². The molecule has 2 nitrogen and oxygen atoms in total. The van der Waals surface area contributed by atoms with Gasteiger partial charge in [-0.05, 0) is 120 Å². The van der Waals surface area contributed by atoms with Crippen LogP contribution < -0.4 is 9.80 Å². The first-order valence-corrected chi connectivity index (χ1v) is 17.8. The molecule has 0 amide bonds. The van der Waals surface area contributed by atoms with Gasteiger partial charge in [0, 0.05) is 39.5 Å². The summed E-state index contributed by atoms with van der Waals surface area (Å²) in [7, 11) is 0. The number of benzene rings is 7. The van der Waals surface area contributed by atoms with Crippen LogP contribution in [0.3, 0.4) is 0 Å². The molecule has 0 radical (unpaired) electrons. The fraction of sp³-hybridized carbons (Fsp3) is 0.102. The molecular formula is C49H42N2. The van der Waals surface area contributed by atoms with Gasteiger partial charge >= 0.3 is 0 Å². The Morgan fingerprint density at radius 3 is 1.27 bits per heavy atom. The first-order chi connectivity index (χ1) is 24.8. The van der Waals surface area contributed by atoms with E-state index in [0.29, 0.717) is 0 Å². The molecule has 2 heteroatoms. The molecule has 8 rings (SSSR count). The zero-order chi connectivity index (χ0) is 35.0. The summed E-state index contributed by atoms with van der Waals surface area (Å²) in [6.07, 6.45) is 4.46. The summed E-state index contributed by atoms with van der Waals surface area (Å²) >= 11 is 0. The van der Waals surface area contributed by atoms with Gasteiger partial charge in [0.2, 0.25) is 0 Å². The van der Waals surface area contributed by atoms with Crippen LogP contribution in [0.25, 0.3) is 23.3 Å². The molecule has 7 aromatic rings. The van der Waals surface area contributed by atoms with Crippen molar-refractivity contribution in [3.05, 3.63) is 203 Å². The molecule has 0 unspecified atom stereocenters. The highest BCUT2D eigenvalue weighted by Crippen LogP contribution is 2.51. The second-order valence-corrected chi connectivity index (χ2v) is 14.1. The molecule has 7 aromatic carbocycles. The second kappa shape index (κ2) is 13.3. The highest BCUT2D eigenvalue weighted by atomic mass is 15.1. The highest BCUT2D eigenvalue weighted by Gasteiger charge is 2.36. The Kier molecular flexibility index (Phi) is 8.37. The SMILES string of the molecule is Cc1ccc(N(c2ccc(C)cc2)c2ccc(/C=C/c3ccc4c(c3)C(C)(C)c3cc(N(c5ccccc5)c5ccccc5)ccc3-4)cc2)cc1. The number of anilines is 6. The smallest absolute Gasteiger partial charge is 0.0465 e.